The molecule has 152 valence electrons. The van der Waals surface area contributed by atoms with E-state index in [0.29, 0.717) is 0 Å². The lowest BCUT2D eigenvalue weighted by Crippen LogP contribution is -2.39. The highest BCUT2D eigenvalue weighted by atomic mass is 14.7. The van der Waals surface area contributed by atoms with E-state index in [1.807, 2.05) is 0 Å². The molecule has 0 bridgehead atoms. The average Bonchev–Trinajstić information content (AvgIpc) is 2.59. The van der Waals surface area contributed by atoms with Gasteiger partial charge in [-0.15, -0.1) is 0 Å². The van der Waals surface area contributed by atoms with E-state index in [1.54, 1.807) is 0 Å². The normalized spacial score (nSPS) is 12.0. The van der Waals surface area contributed by atoms with Gasteiger partial charge in [-0.3, -0.25) is 0 Å². The third-order valence-electron chi connectivity index (χ3n) is 5.77. The zero-order valence-corrected chi connectivity index (χ0v) is 18.2. The molecule has 0 aromatic heterocycles. The summed E-state index contributed by atoms with van der Waals surface area (Å²) in [5.41, 5.74) is 6.71. The average molecular weight is 354 g/mol. The summed E-state index contributed by atoms with van der Waals surface area (Å²) in [4.78, 5) is 0. The first-order valence-corrected chi connectivity index (χ1v) is 12.0. The highest BCUT2D eigenvalue weighted by Gasteiger charge is 2.21. The molecule has 0 aromatic rings. The maximum Gasteiger partial charge on any atom is 0.0154 e. The fourth-order valence-corrected chi connectivity index (χ4v) is 4.22. The van der Waals surface area contributed by atoms with E-state index in [2.05, 4.69) is 20.8 Å². The van der Waals surface area contributed by atoms with Crippen LogP contribution in [0.15, 0.2) is 0 Å². The van der Waals surface area contributed by atoms with Gasteiger partial charge in [0.1, 0.15) is 0 Å². The summed E-state index contributed by atoms with van der Waals surface area (Å²) >= 11 is 0. The molecule has 1 heteroatoms. The molecular formula is C24H51N. The first-order chi connectivity index (χ1) is 12.2. The Morgan fingerprint density at radius 1 is 0.400 bits per heavy atom. The Bertz CT molecular complexity index is 242. The lowest BCUT2D eigenvalue weighted by Gasteiger charge is -2.29. The van der Waals surface area contributed by atoms with Crippen LogP contribution in [0.1, 0.15) is 149 Å². The number of hydrogen-bond donors (Lipinski definition) is 1. The number of unbranched alkanes of at least 4 members (excludes halogenated alkanes) is 14. The molecule has 0 heterocycles. The number of hydrogen-bond acceptors (Lipinski definition) is 1. The molecule has 0 atom stereocenters. The minimum absolute atomic E-state index is 0.139. The van der Waals surface area contributed by atoms with Crippen molar-refractivity contribution in [1.29, 1.82) is 0 Å². The molecular weight excluding hydrogens is 302 g/mol. The molecule has 1 nitrogen and oxygen atoms in total. The fourth-order valence-electron chi connectivity index (χ4n) is 4.22. The van der Waals surface area contributed by atoms with E-state index in [4.69, 9.17) is 5.73 Å². The lowest BCUT2D eigenvalue weighted by molar-refractivity contribution is 0.320. The van der Waals surface area contributed by atoms with Gasteiger partial charge in [-0.2, -0.15) is 0 Å². The monoisotopic (exact) mass is 353 g/mol. The van der Waals surface area contributed by atoms with Crippen molar-refractivity contribution in [1.82, 2.24) is 0 Å². The first-order valence-electron chi connectivity index (χ1n) is 12.0. The van der Waals surface area contributed by atoms with Crippen molar-refractivity contribution >= 4 is 0 Å². The van der Waals surface area contributed by atoms with Crippen LogP contribution in [-0.4, -0.2) is 5.54 Å². The Balaban J connectivity index is 3.28. The van der Waals surface area contributed by atoms with Gasteiger partial charge in [0.05, 0.1) is 0 Å². The molecule has 0 spiro atoms. The second-order valence-electron chi connectivity index (χ2n) is 8.56. The molecule has 0 saturated heterocycles. The molecule has 0 rings (SSSR count). The highest BCUT2D eigenvalue weighted by molar-refractivity contribution is 4.82. The molecule has 0 aromatic carbocycles. The highest BCUT2D eigenvalue weighted by Crippen LogP contribution is 2.24. The van der Waals surface area contributed by atoms with E-state index in [-0.39, 0.29) is 5.54 Å². The zero-order valence-electron chi connectivity index (χ0n) is 18.2. The van der Waals surface area contributed by atoms with Crippen molar-refractivity contribution in [2.75, 3.05) is 0 Å². The molecule has 0 aliphatic heterocycles. The lowest BCUT2D eigenvalue weighted by atomic mass is 9.84. The van der Waals surface area contributed by atoms with E-state index >= 15 is 0 Å². The Morgan fingerprint density at radius 2 is 0.720 bits per heavy atom. The topological polar surface area (TPSA) is 26.0 Å². The molecule has 0 radical (unpaired) electrons. The van der Waals surface area contributed by atoms with Crippen molar-refractivity contribution in [3.05, 3.63) is 0 Å². The van der Waals surface area contributed by atoms with Crippen LogP contribution in [0.2, 0.25) is 0 Å². The molecule has 0 saturated carbocycles. The zero-order chi connectivity index (χ0) is 18.6. The van der Waals surface area contributed by atoms with Gasteiger partial charge in [0, 0.05) is 5.54 Å². The molecule has 0 aliphatic rings. The Morgan fingerprint density at radius 3 is 1.04 bits per heavy atom. The summed E-state index contributed by atoms with van der Waals surface area (Å²) in [6.45, 7) is 6.83. The van der Waals surface area contributed by atoms with Gasteiger partial charge in [0.2, 0.25) is 0 Å². The maximum atomic E-state index is 6.57. The van der Waals surface area contributed by atoms with Gasteiger partial charge in [-0.25, -0.2) is 0 Å². The molecule has 0 unspecified atom stereocenters. The van der Waals surface area contributed by atoms with Crippen LogP contribution < -0.4 is 5.73 Å². The van der Waals surface area contributed by atoms with Gasteiger partial charge >= 0.3 is 0 Å². The van der Waals surface area contributed by atoms with Gasteiger partial charge in [-0.1, -0.05) is 130 Å². The second kappa shape index (κ2) is 18.7. The molecule has 0 amide bonds. The van der Waals surface area contributed by atoms with Gasteiger partial charge < -0.3 is 5.73 Å². The van der Waals surface area contributed by atoms with Crippen LogP contribution in [0.3, 0.4) is 0 Å². The fraction of sp³-hybridized carbons (Fsp3) is 1.00. The number of rotatable bonds is 20. The smallest absolute Gasteiger partial charge is 0.0154 e. The van der Waals surface area contributed by atoms with Crippen molar-refractivity contribution in [2.24, 2.45) is 5.73 Å². The van der Waals surface area contributed by atoms with Crippen molar-refractivity contribution in [2.45, 2.75) is 155 Å². The first kappa shape index (κ1) is 25.0. The van der Waals surface area contributed by atoms with Crippen LogP contribution in [0.25, 0.3) is 0 Å². The minimum atomic E-state index is 0.139. The third kappa shape index (κ3) is 17.1. The molecule has 25 heavy (non-hydrogen) atoms. The second-order valence-corrected chi connectivity index (χ2v) is 8.56. The summed E-state index contributed by atoms with van der Waals surface area (Å²) in [5, 5.41) is 0. The van der Waals surface area contributed by atoms with Crippen molar-refractivity contribution in [3.63, 3.8) is 0 Å². The van der Waals surface area contributed by atoms with Gasteiger partial charge in [0.25, 0.3) is 0 Å². The largest absolute Gasteiger partial charge is 0.325 e. The quantitative estimate of drug-likeness (QED) is 0.218. The summed E-state index contributed by atoms with van der Waals surface area (Å²) in [5.74, 6) is 0. The standard InChI is InChI=1S/C24H51N/c1-4-7-8-9-10-11-12-13-14-15-16-17-18-19-20-23-24(25,21-5-2)22-6-3/h4-23,25H2,1-3H3. The summed E-state index contributed by atoms with van der Waals surface area (Å²) < 4.78 is 0. The summed E-state index contributed by atoms with van der Waals surface area (Å²) in [6, 6.07) is 0. The molecule has 2 N–H and O–H groups in total. The van der Waals surface area contributed by atoms with E-state index in [1.165, 1.54) is 128 Å². The molecule has 0 aliphatic carbocycles. The molecule has 0 fully saturated rings. The van der Waals surface area contributed by atoms with Crippen LogP contribution in [0.5, 0.6) is 0 Å². The number of nitrogens with two attached hydrogens (primary N) is 1. The van der Waals surface area contributed by atoms with Crippen LogP contribution in [0.4, 0.5) is 0 Å². The van der Waals surface area contributed by atoms with Gasteiger partial charge in [0.15, 0.2) is 0 Å². The summed E-state index contributed by atoms with van der Waals surface area (Å²) in [7, 11) is 0. The van der Waals surface area contributed by atoms with Crippen LogP contribution >= 0.6 is 0 Å². The predicted molar refractivity (Wildman–Crippen MR) is 116 cm³/mol. The van der Waals surface area contributed by atoms with E-state index < -0.39 is 0 Å². The van der Waals surface area contributed by atoms with Crippen molar-refractivity contribution in [3.8, 4) is 0 Å². The third-order valence-corrected chi connectivity index (χ3v) is 5.77. The SMILES string of the molecule is CCCCCCCCCCCCCCCCCC(N)(CCC)CCC. The van der Waals surface area contributed by atoms with E-state index in [9.17, 15) is 0 Å². The van der Waals surface area contributed by atoms with Gasteiger partial charge in [-0.05, 0) is 19.3 Å². The van der Waals surface area contributed by atoms with E-state index in [0.717, 1.165) is 0 Å². The van der Waals surface area contributed by atoms with Crippen LogP contribution in [0, 0.1) is 0 Å². The Labute approximate surface area is 160 Å². The summed E-state index contributed by atoms with van der Waals surface area (Å²) in [6.07, 6.45) is 27.7. The minimum Gasteiger partial charge on any atom is -0.325 e. The predicted octanol–water partition coefficient (Wildman–Crippen LogP) is 8.55. The van der Waals surface area contributed by atoms with Crippen LogP contribution in [-0.2, 0) is 0 Å². The Kier molecular flexibility index (Phi) is 18.7. The Hall–Kier alpha value is -0.0400. The maximum absolute atomic E-state index is 6.57. The van der Waals surface area contributed by atoms with Crippen molar-refractivity contribution < 1.29 is 0 Å².